The van der Waals surface area contributed by atoms with Gasteiger partial charge in [0.15, 0.2) is 5.82 Å². The van der Waals surface area contributed by atoms with E-state index < -0.39 is 11.7 Å². The molecule has 2 amide bonds. The maximum absolute atomic E-state index is 12.3. The van der Waals surface area contributed by atoms with Crippen molar-refractivity contribution in [3.05, 3.63) is 69.2 Å². The van der Waals surface area contributed by atoms with Gasteiger partial charge < -0.3 is 10.6 Å². The van der Waals surface area contributed by atoms with Crippen LogP contribution in [0.1, 0.15) is 22.3 Å². The summed E-state index contributed by atoms with van der Waals surface area (Å²) in [7, 11) is 0. The molecule has 156 valence electrons. The molecular weight excluding hydrogens is 384 g/mol. The molecule has 0 unspecified atom stereocenters. The van der Waals surface area contributed by atoms with Gasteiger partial charge in [-0.15, -0.1) is 0 Å². The zero-order valence-electron chi connectivity index (χ0n) is 17.4. The summed E-state index contributed by atoms with van der Waals surface area (Å²) in [6.45, 7) is 7.17. The Hall–Kier alpha value is -3.68. The van der Waals surface area contributed by atoms with Gasteiger partial charge in [0.1, 0.15) is 6.54 Å². The predicted octanol–water partition coefficient (Wildman–Crippen LogP) is 2.49. The van der Waals surface area contributed by atoms with E-state index in [-0.39, 0.29) is 24.8 Å². The summed E-state index contributed by atoms with van der Waals surface area (Å²) < 4.78 is 5.89. The maximum Gasteiger partial charge on any atom is 0.442 e. The number of benzene rings is 2. The Morgan fingerprint density at radius 3 is 2.33 bits per heavy atom. The average Bonchev–Trinajstić information content (AvgIpc) is 3.03. The highest BCUT2D eigenvalue weighted by molar-refractivity contribution is 5.95. The van der Waals surface area contributed by atoms with E-state index >= 15 is 0 Å². The van der Waals surface area contributed by atoms with Crippen LogP contribution in [0.4, 0.5) is 5.69 Å². The molecule has 8 heteroatoms. The number of aryl methyl sites for hydroxylation is 4. The number of amides is 2. The minimum atomic E-state index is -0.737. The Labute approximate surface area is 173 Å². The molecule has 2 N–H and O–H groups in total. The fraction of sp³-hybridized carbons (Fsp3) is 0.273. The van der Waals surface area contributed by atoms with Gasteiger partial charge in [-0.3, -0.25) is 14.1 Å². The molecule has 8 nitrogen and oxygen atoms in total. The van der Waals surface area contributed by atoms with Crippen molar-refractivity contribution in [1.29, 1.82) is 0 Å². The van der Waals surface area contributed by atoms with Crippen molar-refractivity contribution in [2.24, 2.45) is 0 Å². The minimum Gasteiger partial charge on any atom is -0.345 e. The topological polar surface area (TPSA) is 106 Å². The molecule has 0 aliphatic heterocycles. The van der Waals surface area contributed by atoms with E-state index in [1.807, 2.05) is 58.0 Å². The van der Waals surface area contributed by atoms with E-state index in [4.69, 9.17) is 4.52 Å². The van der Waals surface area contributed by atoms with E-state index in [1.54, 1.807) is 6.07 Å². The van der Waals surface area contributed by atoms with E-state index in [9.17, 15) is 14.4 Å². The molecule has 30 heavy (non-hydrogen) atoms. The number of aromatic nitrogens is 2. The Balaban J connectivity index is 1.65. The number of anilines is 1. The van der Waals surface area contributed by atoms with E-state index in [1.165, 1.54) is 0 Å². The molecule has 0 aliphatic carbocycles. The van der Waals surface area contributed by atoms with E-state index in [0.29, 0.717) is 5.56 Å². The summed E-state index contributed by atoms with van der Waals surface area (Å²) in [5, 5.41) is 9.15. The molecule has 0 spiro atoms. The van der Waals surface area contributed by atoms with E-state index in [2.05, 4.69) is 15.8 Å². The number of rotatable bonds is 6. The number of carbonyl (C=O) groups excluding carboxylic acids is 2. The Morgan fingerprint density at radius 1 is 1.00 bits per heavy atom. The molecule has 0 bridgehead atoms. The highest BCUT2D eigenvalue weighted by atomic mass is 16.5. The van der Waals surface area contributed by atoms with Gasteiger partial charge >= 0.3 is 5.76 Å². The molecule has 0 radical (unpaired) electrons. The number of hydrogen-bond donors (Lipinski definition) is 2. The Bertz CT molecular complexity index is 1140. The van der Waals surface area contributed by atoms with Crippen molar-refractivity contribution in [3.8, 4) is 11.4 Å². The molecule has 0 aliphatic rings. The summed E-state index contributed by atoms with van der Waals surface area (Å²) >= 11 is 0. The van der Waals surface area contributed by atoms with Crippen LogP contribution in [-0.4, -0.2) is 28.1 Å². The van der Waals surface area contributed by atoms with E-state index in [0.717, 1.165) is 32.5 Å². The first-order chi connectivity index (χ1) is 14.3. The van der Waals surface area contributed by atoms with Crippen LogP contribution >= 0.6 is 0 Å². The lowest BCUT2D eigenvalue weighted by molar-refractivity contribution is -0.124. The number of hydrogen-bond acceptors (Lipinski definition) is 5. The van der Waals surface area contributed by atoms with Crippen molar-refractivity contribution in [2.45, 2.75) is 34.2 Å². The molecule has 3 rings (SSSR count). The molecule has 1 aromatic heterocycles. The molecule has 0 atom stereocenters. The maximum atomic E-state index is 12.3. The minimum absolute atomic E-state index is 0.217. The Morgan fingerprint density at radius 2 is 1.67 bits per heavy atom. The zero-order valence-corrected chi connectivity index (χ0v) is 17.4. The molecule has 1 heterocycles. The summed E-state index contributed by atoms with van der Waals surface area (Å²) in [6.07, 6.45) is 0. The van der Waals surface area contributed by atoms with Gasteiger partial charge in [-0.05, 0) is 44.4 Å². The molecule has 0 fully saturated rings. The van der Waals surface area contributed by atoms with Crippen molar-refractivity contribution in [2.75, 3.05) is 11.9 Å². The van der Waals surface area contributed by atoms with Gasteiger partial charge in [0.2, 0.25) is 11.8 Å². The van der Waals surface area contributed by atoms with Gasteiger partial charge in [-0.2, -0.15) is 0 Å². The van der Waals surface area contributed by atoms with Crippen molar-refractivity contribution >= 4 is 17.5 Å². The first-order valence-corrected chi connectivity index (χ1v) is 9.53. The third-order valence-corrected chi connectivity index (χ3v) is 4.76. The second-order valence-electron chi connectivity index (χ2n) is 7.27. The van der Waals surface area contributed by atoms with Crippen molar-refractivity contribution < 1.29 is 14.1 Å². The van der Waals surface area contributed by atoms with Crippen molar-refractivity contribution in [1.82, 2.24) is 15.0 Å². The fourth-order valence-electron chi connectivity index (χ4n) is 3.36. The quantitative estimate of drug-likeness (QED) is 0.652. The largest absolute Gasteiger partial charge is 0.442 e. The summed E-state index contributed by atoms with van der Waals surface area (Å²) in [5.74, 6) is -1.32. The molecular formula is C22H24N4O4. The molecule has 0 saturated carbocycles. The smallest absolute Gasteiger partial charge is 0.345 e. The third kappa shape index (κ3) is 4.65. The van der Waals surface area contributed by atoms with Gasteiger partial charge in [0, 0.05) is 11.3 Å². The lowest BCUT2D eigenvalue weighted by Gasteiger charge is -2.13. The molecule has 0 saturated heterocycles. The lowest BCUT2D eigenvalue weighted by atomic mass is 10.1. The second-order valence-corrected chi connectivity index (χ2v) is 7.27. The first kappa shape index (κ1) is 21.0. The van der Waals surface area contributed by atoms with Crippen molar-refractivity contribution in [3.63, 3.8) is 0 Å². The predicted molar refractivity (Wildman–Crippen MR) is 113 cm³/mol. The lowest BCUT2D eigenvalue weighted by Crippen LogP contribution is -2.36. The normalized spacial score (nSPS) is 10.7. The second kappa shape index (κ2) is 8.77. The highest BCUT2D eigenvalue weighted by Gasteiger charge is 2.17. The number of nitrogens with zero attached hydrogens (tertiary/aromatic N) is 2. The third-order valence-electron chi connectivity index (χ3n) is 4.76. The molecule has 2 aromatic carbocycles. The summed E-state index contributed by atoms with van der Waals surface area (Å²) in [6, 6.07) is 11.3. The van der Waals surface area contributed by atoms with Gasteiger partial charge in [0.05, 0.1) is 6.54 Å². The summed E-state index contributed by atoms with van der Waals surface area (Å²) in [5.41, 5.74) is 5.33. The van der Waals surface area contributed by atoms with Crippen LogP contribution in [0, 0.1) is 27.7 Å². The zero-order chi connectivity index (χ0) is 21.8. The van der Waals surface area contributed by atoms with Gasteiger partial charge in [-0.25, -0.2) is 9.36 Å². The first-order valence-electron chi connectivity index (χ1n) is 9.53. The van der Waals surface area contributed by atoms with Crippen LogP contribution < -0.4 is 16.4 Å². The van der Waals surface area contributed by atoms with Crippen LogP contribution in [0.3, 0.4) is 0 Å². The number of carbonyl (C=O) groups is 2. The van der Waals surface area contributed by atoms with Crippen LogP contribution in [-0.2, 0) is 16.1 Å². The number of nitrogens with one attached hydrogen (secondary N) is 2. The highest BCUT2D eigenvalue weighted by Crippen LogP contribution is 2.22. The van der Waals surface area contributed by atoms with Gasteiger partial charge in [-0.1, -0.05) is 47.1 Å². The average molecular weight is 408 g/mol. The van der Waals surface area contributed by atoms with Crippen LogP contribution in [0.25, 0.3) is 11.4 Å². The standard InChI is InChI=1S/C22H24N4O4/c1-13-9-15(3)20(16(4)10-13)24-18(27)11-23-19(28)12-26-21(25-30-22(26)29)17-8-6-5-7-14(17)2/h5-10H,11-12H2,1-4H3,(H,23,28)(H,24,27). The Kier molecular flexibility index (Phi) is 6.15. The van der Waals surface area contributed by atoms with Crippen LogP contribution in [0.15, 0.2) is 45.7 Å². The molecule has 3 aromatic rings. The van der Waals surface area contributed by atoms with Crippen LogP contribution in [0.5, 0.6) is 0 Å². The fourth-order valence-corrected chi connectivity index (χ4v) is 3.36. The summed E-state index contributed by atoms with van der Waals surface area (Å²) in [4.78, 5) is 36.6. The monoisotopic (exact) mass is 408 g/mol. The van der Waals surface area contributed by atoms with Gasteiger partial charge in [0.25, 0.3) is 0 Å². The SMILES string of the molecule is Cc1cc(C)c(NC(=O)CNC(=O)Cn2c(-c3ccccc3C)noc2=O)c(C)c1. The van der Waals surface area contributed by atoms with Crippen LogP contribution in [0.2, 0.25) is 0 Å².